The first kappa shape index (κ1) is 18.4. The number of unbranched alkanes of at least 4 members (excludes halogenated alkanes) is 1. The van der Waals surface area contributed by atoms with E-state index in [9.17, 15) is 17.6 Å². The second-order valence-corrected chi connectivity index (χ2v) is 7.14. The van der Waals surface area contributed by atoms with Gasteiger partial charge < -0.3 is 4.90 Å². The summed E-state index contributed by atoms with van der Waals surface area (Å²) in [6.45, 7) is 2.74. The predicted molar refractivity (Wildman–Crippen MR) is 85.8 cm³/mol. The predicted octanol–water partition coefficient (Wildman–Crippen LogP) is 2.24. The number of benzene rings is 1. The molecular formula is C15H23FN2O3S. The van der Waals surface area contributed by atoms with Crippen molar-refractivity contribution in [2.45, 2.75) is 26.2 Å². The smallest absolute Gasteiger partial charge is 0.232 e. The van der Waals surface area contributed by atoms with Crippen molar-refractivity contribution in [3.8, 4) is 0 Å². The van der Waals surface area contributed by atoms with Gasteiger partial charge in [0.15, 0.2) is 0 Å². The number of anilines is 1. The number of amides is 1. The lowest BCUT2D eigenvalue weighted by atomic mass is 10.3. The van der Waals surface area contributed by atoms with E-state index in [-0.39, 0.29) is 18.9 Å². The van der Waals surface area contributed by atoms with E-state index in [1.165, 1.54) is 24.3 Å². The van der Waals surface area contributed by atoms with Crippen LogP contribution in [0.25, 0.3) is 0 Å². The monoisotopic (exact) mass is 330 g/mol. The summed E-state index contributed by atoms with van der Waals surface area (Å²) in [5, 5.41) is 0. The lowest BCUT2D eigenvalue weighted by Gasteiger charge is -2.24. The Balaban J connectivity index is 2.76. The van der Waals surface area contributed by atoms with Crippen LogP contribution in [-0.2, 0) is 14.8 Å². The zero-order chi connectivity index (χ0) is 16.8. The van der Waals surface area contributed by atoms with E-state index >= 15 is 0 Å². The lowest BCUT2D eigenvalue weighted by molar-refractivity contribution is -0.129. The molecule has 0 unspecified atom stereocenters. The Hall–Kier alpha value is -1.63. The minimum absolute atomic E-state index is 0.0414. The first-order valence-electron chi connectivity index (χ1n) is 7.23. The second-order valence-electron chi connectivity index (χ2n) is 5.23. The van der Waals surface area contributed by atoms with Crippen LogP contribution in [0, 0.1) is 5.82 Å². The molecular weight excluding hydrogens is 307 g/mol. The fourth-order valence-electron chi connectivity index (χ4n) is 2.00. The molecule has 0 heterocycles. The van der Waals surface area contributed by atoms with Gasteiger partial charge in [-0.1, -0.05) is 13.3 Å². The maximum atomic E-state index is 13.0. The van der Waals surface area contributed by atoms with Gasteiger partial charge in [-0.15, -0.1) is 0 Å². The molecule has 22 heavy (non-hydrogen) atoms. The van der Waals surface area contributed by atoms with E-state index < -0.39 is 15.8 Å². The Morgan fingerprint density at radius 3 is 2.27 bits per heavy atom. The van der Waals surface area contributed by atoms with Gasteiger partial charge in [-0.05, 0) is 30.7 Å². The minimum Gasteiger partial charge on any atom is -0.346 e. The van der Waals surface area contributed by atoms with Crippen LogP contribution in [0.15, 0.2) is 24.3 Å². The highest BCUT2D eigenvalue weighted by Crippen LogP contribution is 2.18. The summed E-state index contributed by atoms with van der Waals surface area (Å²) in [6, 6.07) is 5.18. The van der Waals surface area contributed by atoms with E-state index in [4.69, 9.17) is 0 Å². The molecule has 0 aromatic heterocycles. The number of rotatable bonds is 8. The van der Waals surface area contributed by atoms with Crippen LogP contribution in [0.4, 0.5) is 10.1 Å². The SMILES string of the molecule is CCCCN(C)C(=O)CCN(c1ccc(F)cc1)S(C)(=O)=O. The summed E-state index contributed by atoms with van der Waals surface area (Å²) in [4.78, 5) is 13.6. The third-order valence-electron chi connectivity index (χ3n) is 3.32. The highest BCUT2D eigenvalue weighted by molar-refractivity contribution is 7.92. The molecule has 0 aliphatic rings. The lowest BCUT2D eigenvalue weighted by Crippen LogP contribution is -2.35. The molecule has 0 radical (unpaired) electrons. The Kier molecular flexibility index (Phi) is 6.80. The van der Waals surface area contributed by atoms with Crippen molar-refractivity contribution < 1.29 is 17.6 Å². The molecule has 0 aliphatic carbocycles. The molecule has 1 aromatic carbocycles. The highest BCUT2D eigenvalue weighted by atomic mass is 32.2. The highest BCUT2D eigenvalue weighted by Gasteiger charge is 2.19. The number of halogens is 1. The maximum Gasteiger partial charge on any atom is 0.232 e. The van der Waals surface area contributed by atoms with Gasteiger partial charge in [-0.25, -0.2) is 12.8 Å². The van der Waals surface area contributed by atoms with Crippen LogP contribution in [0.2, 0.25) is 0 Å². The van der Waals surface area contributed by atoms with Crippen molar-refractivity contribution in [3.63, 3.8) is 0 Å². The van der Waals surface area contributed by atoms with Crippen molar-refractivity contribution in [1.29, 1.82) is 0 Å². The molecule has 124 valence electrons. The summed E-state index contributed by atoms with van der Waals surface area (Å²) in [6.07, 6.45) is 3.06. The summed E-state index contributed by atoms with van der Waals surface area (Å²) >= 11 is 0. The summed E-state index contributed by atoms with van der Waals surface area (Å²) in [7, 11) is -1.82. The second kappa shape index (κ2) is 8.12. The van der Waals surface area contributed by atoms with Gasteiger partial charge in [0.25, 0.3) is 0 Å². The average Bonchev–Trinajstić information content (AvgIpc) is 2.45. The van der Waals surface area contributed by atoms with Crippen LogP contribution in [0.5, 0.6) is 0 Å². The molecule has 0 bridgehead atoms. The summed E-state index contributed by atoms with van der Waals surface area (Å²) in [5.41, 5.74) is 0.355. The first-order chi connectivity index (χ1) is 10.3. The van der Waals surface area contributed by atoms with Gasteiger partial charge in [0.1, 0.15) is 5.82 Å². The van der Waals surface area contributed by atoms with E-state index in [0.29, 0.717) is 12.2 Å². The van der Waals surface area contributed by atoms with Crippen LogP contribution in [-0.4, -0.2) is 45.6 Å². The molecule has 0 N–H and O–H groups in total. The zero-order valence-electron chi connectivity index (χ0n) is 13.3. The van der Waals surface area contributed by atoms with E-state index in [1.54, 1.807) is 11.9 Å². The topological polar surface area (TPSA) is 57.7 Å². The third kappa shape index (κ3) is 5.63. The number of sulfonamides is 1. The van der Waals surface area contributed by atoms with Crippen LogP contribution < -0.4 is 4.31 Å². The molecule has 0 saturated carbocycles. The van der Waals surface area contributed by atoms with E-state index in [1.807, 2.05) is 6.92 Å². The third-order valence-corrected chi connectivity index (χ3v) is 4.51. The Morgan fingerprint density at radius 1 is 1.18 bits per heavy atom. The standard InChI is InChI=1S/C15H23FN2O3S/c1-4-5-11-17(2)15(19)10-12-18(22(3,20)21)14-8-6-13(16)7-9-14/h6-9H,4-5,10-12H2,1-3H3. The maximum absolute atomic E-state index is 13.0. The summed E-state index contributed by atoms with van der Waals surface area (Å²) in [5.74, 6) is -0.545. The quantitative estimate of drug-likeness (QED) is 0.734. The zero-order valence-corrected chi connectivity index (χ0v) is 14.1. The van der Waals surface area contributed by atoms with Crippen LogP contribution >= 0.6 is 0 Å². The van der Waals surface area contributed by atoms with Crippen molar-refractivity contribution >= 4 is 21.6 Å². The van der Waals surface area contributed by atoms with Gasteiger partial charge in [0.05, 0.1) is 11.9 Å². The largest absolute Gasteiger partial charge is 0.346 e. The molecule has 0 spiro atoms. The molecule has 1 aromatic rings. The normalized spacial score (nSPS) is 11.3. The number of carbonyl (C=O) groups excluding carboxylic acids is 1. The molecule has 0 aliphatic heterocycles. The van der Waals surface area contributed by atoms with Gasteiger partial charge in [-0.2, -0.15) is 0 Å². The number of nitrogens with zero attached hydrogens (tertiary/aromatic N) is 2. The Bertz CT molecular complexity index is 587. The fourth-order valence-corrected chi connectivity index (χ4v) is 2.93. The van der Waals surface area contributed by atoms with Crippen molar-refractivity contribution in [1.82, 2.24) is 4.90 Å². The Labute approximate surface area is 131 Å². The number of hydrogen-bond acceptors (Lipinski definition) is 3. The number of carbonyl (C=O) groups is 1. The summed E-state index contributed by atoms with van der Waals surface area (Å²) < 4.78 is 37.8. The molecule has 0 fully saturated rings. The van der Waals surface area contributed by atoms with Gasteiger partial charge in [0, 0.05) is 26.6 Å². The Morgan fingerprint density at radius 2 is 1.77 bits per heavy atom. The molecule has 1 amide bonds. The number of hydrogen-bond donors (Lipinski definition) is 0. The minimum atomic E-state index is -3.53. The van der Waals surface area contributed by atoms with Gasteiger partial charge in [0.2, 0.25) is 15.9 Å². The molecule has 5 nitrogen and oxygen atoms in total. The van der Waals surface area contributed by atoms with Crippen LogP contribution in [0.3, 0.4) is 0 Å². The van der Waals surface area contributed by atoms with Crippen molar-refractivity contribution in [2.24, 2.45) is 0 Å². The molecule has 0 atom stereocenters. The van der Waals surface area contributed by atoms with Crippen molar-refractivity contribution in [2.75, 3.05) is 30.7 Å². The van der Waals surface area contributed by atoms with E-state index in [0.717, 1.165) is 23.4 Å². The van der Waals surface area contributed by atoms with Gasteiger partial charge >= 0.3 is 0 Å². The van der Waals surface area contributed by atoms with E-state index in [2.05, 4.69) is 0 Å². The van der Waals surface area contributed by atoms with Gasteiger partial charge in [-0.3, -0.25) is 9.10 Å². The fraction of sp³-hybridized carbons (Fsp3) is 0.533. The van der Waals surface area contributed by atoms with Crippen LogP contribution in [0.1, 0.15) is 26.2 Å². The average molecular weight is 330 g/mol. The first-order valence-corrected chi connectivity index (χ1v) is 9.07. The molecule has 7 heteroatoms. The molecule has 0 saturated heterocycles. The molecule has 1 rings (SSSR count). The van der Waals surface area contributed by atoms with Crippen molar-refractivity contribution in [3.05, 3.63) is 30.1 Å².